The van der Waals surface area contributed by atoms with Gasteiger partial charge in [-0.1, -0.05) is 37.6 Å². The van der Waals surface area contributed by atoms with E-state index in [9.17, 15) is 18.0 Å². The molecule has 3 aromatic rings. The Kier molecular flexibility index (Phi) is 12.8. The van der Waals surface area contributed by atoms with Crippen molar-refractivity contribution in [2.45, 2.75) is 69.0 Å². The van der Waals surface area contributed by atoms with Crippen molar-refractivity contribution in [3.05, 3.63) is 83.4 Å². The third-order valence-corrected chi connectivity index (χ3v) is 9.80. The van der Waals surface area contributed by atoms with E-state index in [-0.39, 0.29) is 23.4 Å². The highest BCUT2D eigenvalue weighted by Crippen LogP contribution is 2.28. The number of thioether (sulfide) groups is 1. The summed E-state index contributed by atoms with van der Waals surface area (Å²) >= 11 is 7.59. The Labute approximate surface area is 264 Å². The molecule has 0 heterocycles. The Hall–Kier alpha value is -3.21. The highest BCUT2D eigenvalue weighted by molar-refractivity contribution is 7.98. The molecule has 0 aliphatic heterocycles. The molecular formula is C32H40ClN3O5S2. The molecule has 3 aromatic carbocycles. The van der Waals surface area contributed by atoms with Crippen LogP contribution in [0.15, 0.2) is 82.6 Å². The third kappa shape index (κ3) is 9.14. The first-order chi connectivity index (χ1) is 20.5. The van der Waals surface area contributed by atoms with Gasteiger partial charge in [-0.2, -0.15) is 0 Å². The van der Waals surface area contributed by atoms with Crippen LogP contribution in [-0.2, 0) is 26.2 Å². The van der Waals surface area contributed by atoms with Gasteiger partial charge in [0.25, 0.3) is 10.0 Å². The van der Waals surface area contributed by atoms with Crippen molar-refractivity contribution in [1.82, 2.24) is 10.2 Å². The number of carbonyl (C=O) groups is 2. The van der Waals surface area contributed by atoms with Gasteiger partial charge in [0.15, 0.2) is 0 Å². The van der Waals surface area contributed by atoms with E-state index < -0.39 is 28.5 Å². The molecule has 0 fully saturated rings. The predicted octanol–water partition coefficient (Wildman–Crippen LogP) is 6.38. The summed E-state index contributed by atoms with van der Waals surface area (Å²) in [6.45, 7) is 7.60. The minimum atomic E-state index is -4.17. The van der Waals surface area contributed by atoms with Crippen molar-refractivity contribution in [1.29, 1.82) is 0 Å². The number of rotatable bonds is 15. The molecule has 0 aliphatic carbocycles. The quantitative estimate of drug-likeness (QED) is 0.193. The molecule has 11 heteroatoms. The number of hydrogen-bond donors (Lipinski definition) is 1. The third-order valence-electron chi connectivity index (χ3n) is 7.02. The van der Waals surface area contributed by atoms with Gasteiger partial charge < -0.3 is 15.0 Å². The monoisotopic (exact) mass is 645 g/mol. The number of amides is 2. The van der Waals surface area contributed by atoms with Crippen LogP contribution in [0.25, 0.3) is 0 Å². The number of nitrogens with one attached hydrogen (secondary N) is 1. The number of nitrogens with zero attached hydrogens (tertiary/aromatic N) is 2. The number of halogens is 1. The molecule has 0 saturated carbocycles. The Morgan fingerprint density at radius 2 is 1.56 bits per heavy atom. The van der Waals surface area contributed by atoms with Crippen LogP contribution >= 0.6 is 23.4 Å². The van der Waals surface area contributed by atoms with Gasteiger partial charge in [-0.15, -0.1) is 11.8 Å². The molecule has 0 aromatic heterocycles. The molecule has 2 atom stereocenters. The fourth-order valence-electron chi connectivity index (χ4n) is 4.43. The highest BCUT2D eigenvalue weighted by atomic mass is 35.5. The maximum atomic E-state index is 14.2. The van der Waals surface area contributed by atoms with Crippen LogP contribution in [-0.4, -0.2) is 56.6 Å². The minimum Gasteiger partial charge on any atom is -0.494 e. The van der Waals surface area contributed by atoms with Crippen LogP contribution in [0.1, 0.15) is 46.1 Å². The van der Waals surface area contributed by atoms with Crippen molar-refractivity contribution < 1.29 is 22.7 Å². The van der Waals surface area contributed by atoms with Gasteiger partial charge in [0.2, 0.25) is 11.8 Å². The molecule has 1 N–H and O–H groups in total. The van der Waals surface area contributed by atoms with Crippen molar-refractivity contribution >= 4 is 50.9 Å². The second-order valence-corrected chi connectivity index (χ2v) is 13.2. The lowest BCUT2D eigenvalue weighted by molar-refractivity contribution is -0.140. The first kappa shape index (κ1) is 34.3. The van der Waals surface area contributed by atoms with Crippen LogP contribution < -0.4 is 14.4 Å². The summed E-state index contributed by atoms with van der Waals surface area (Å²) in [7, 11) is -4.17. The maximum absolute atomic E-state index is 14.2. The average Bonchev–Trinajstić information content (AvgIpc) is 3.01. The van der Waals surface area contributed by atoms with Crippen molar-refractivity contribution in [2.75, 3.05) is 23.7 Å². The van der Waals surface area contributed by atoms with E-state index in [1.54, 1.807) is 60.7 Å². The number of carbonyl (C=O) groups excluding carboxylic acids is 2. The smallest absolute Gasteiger partial charge is 0.264 e. The molecule has 0 saturated heterocycles. The van der Waals surface area contributed by atoms with Crippen LogP contribution in [0.5, 0.6) is 5.75 Å². The zero-order valence-electron chi connectivity index (χ0n) is 25.2. The molecule has 8 nitrogen and oxygen atoms in total. The van der Waals surface area contributed by atoms with E-state index in [2.05, 4.69) is 5.32 Å². The summed E-state index contributed by atoms with van der Waals surface area (Å²) in [5, 5.41) is 3.52. The van der Waals surface area contributed by atoms with E-state index in [4.69, 9.17) is 16.3 Å². The van der Waals surface area contributed by atoms with Crippen LogP contribution in [0, 0.1) is 0 Å². The van der Waals surface area contributed by atoms with Crippen molar-refractivity contribution in [2.24, 2.45) is 0 Å². The molecule has 0 spiro atoms. The van der Waals surface area contributed by atoms with Gasteiger partial charge in [0.1, 0.15) is 18.3 Å². The summed E-state index contributed by atoms with van der Waals surface area (Å²) in [5.41, 5.74) is 1.06. The first-order valence-corrected chi connectivity index (χ1v) is 17.3. The molecule has 0 bridgehead atoms. The fourth-order valence-corrected chi connectivity index (χ4v) is 6.37. The van der Waals surface area contributed by atoms with E-state index in [0.29, 0.717) is 29.5 Å². The van der Waals surface area contributed by atoms with Crippen LogP contribution in [0.2, 0.25) is 5.02 Å². The maximum Gasteiger partial charge on any atom is 0.264 e. The Morgan fingerprint density at radius 1 is 0.930 bits per heavy atom. The molecule has 2 amide bonds. The molecule has 0 radical (unpaired) electrons. The van der Waals surface area contributed by atoms with Gasteiger partial charge in [-0.3, -0.25) is 13.9 Å². The number of ether oxygens (including phenoxy) is 1. The van der Waals surface area contributed by atoms with Gasteiger partial charge in [-0.05, 0) is 99.2 Å². The SMILES string of the molecule is CCOc1ccc(N(CC(=O)N(Cc2ccc(Cl)cc2)[C@@H](CC)C(=O)N[C@@H](C)CC)S(=O)(=O)c2ccc(SC)cc2)cc1. The normalized spacial score (nSPS) is 12.7. The summed E-state index contributed by atoms with van der Waals surface area (Å²) < 4.78 is 34.8. The van der Waals surface area contributed by atoms with E-state index in [0.717, 1.165) is 21.2 Å². The van der Waals surface area contributed by atoms with Gasteiger partial charge in [0, 0.05) is 22.5 Å². The summed E-state index contributed by atoms with van der Waals surface area (Å²) in [4.78, 5) is 30.0. The molecule has 0 unspecified atom stereocenters. The number of hydrogen-bond acceptors (Lipinski definition) is 6. The molecule has 3 rings (SSSR count). The number of benzene rings is 3. The lowest BCUT2D eigenvalue weighted by atomic mass is 10.1. The fraction of sp³-hybridized carbons (Fsp3) is 0.375. The molecule has 43 heavy (non-hydrogen) atoms. The van der Waals surface area contributed by atoms with Crippen LogP contribution in [0.4, 0.5) is 5.69 Å². The van der Waals surface area contributed by atoms with Crippen molar-refractivity contribution in [3.63, 3.8) is 0 Å². The topological polar surface area (TPSA) is 96.0 Å². The molecular weight excluding hydrogens is 606 g/mol. The van der Waals surface area contributed by atoms with E-state index in [1.807, 2.05) is 34.0 Å². The Morgan fingerprint density at radius 3 is 2.09 bits per heavy atom. The zero-order chi connectivity index (χ0) is 31.6. The van der Waals surface area contributed by atoms with E-state index in [1.165, 1.54) is 28.8 Å². The number of anilines is 1. The van der Waals surface area contributed by atoms with Gasteiger partial charge in [-0.25, -0.2) is 8.42 Å². The second-order valence-electron chi connectivity index (χ2n) is 10.0. The summed E-state index contributed by atoms with van der Waals surface area (Å²) in [6, 6.07) is 19.2. The minimum absolute atomic E-state index is 0.0535. The summed E-state index contributed by atoms with van der Waals surface area (Å²) in [6.07, 6.45) is 2.98. The lowest BCUT2D eigenvalue weighted by Gasteiger charge is -2.33. The lowest BCUT2D eigenvalue weighted by Crippen LogP contribution is -2.53. The van der Waals surface area contributed by atoms with Crippen molar-refractivity contribution in [3.8, 4) is 5.75 Å². The first-order valence-electron chi connectivity index (χ1n) is 14.3. The largest absolute Gasteiger partial charge is 0.494 e. The van der Waals surface area contributed by atoms with E-state index >= 15 is 0 Å². The average molecular weight is 646 g/mol. The number of sulfonamides is 1. The van der Waals surface area contributed by atoms with Crippen LogP contribution in [0.3, 0.4) is 0 Å². The second kappa shape index (κ2) is 16.0. The molecule has 0 aliphatic rings. The zero-order valence-corrected chi connectivity index (χ0v) is 27.6. The predicted molar refractivity (Wildman–Crippen MR) is 174 cm³/mol. The van der Waals surface area contributed by atoms with Gasteiger partial charge >= 0.3 is 0 Å². The molecule has 232 valence electrons. The Bertz CT molecular complexity index is 1450. The standard InChI is InChI=1S/C32H40ClN3O5S2/c1-6-23(4)34-32(38)30(7-2)35(21-24-9-11-25(33)12-10-24)31(37)22-36(26-13-15-27(16-14-26)41-8-3)43(39,40)29-19-17-28(42-5)18-20-29/h9-20,23,30H,6-8,21-22H2,1-5H3,(H,34,38)/t23-,30-/m0/s1. The van der Waals surface area contributed by atoms with Gasteiger partial charge in [0.05, 0.1) is 17.2 Å². The highest BCUT2D eigenvalue weighted by Gasteiger charge is 2.34. The summed E-state index contributed by atoms with van der Waals surface area (Å²) in [5.74, 6) is -0.224. The Balaban J connectivity index is 2.06.